The molecule has 5 rings (SSSR count). The molecule has 32 heavy (non-hydrogen) atoms. The van der Waals surface area contributed by atoms with Crippen molar-refractivity contribution in [3.05, 3.63) is 100 Å². The van der Waals surface area contributed by atoms with Gasteiger partial charge in [0.15, 0.2) is 5.16 Å². The van der Waals surface area contributed by atoms with Crippen LogP contribution >= 0.6 is 11.8 Å². The van der Waals surface area contributed by atoms with E-state index in [2.05, 4.69) is 9.97 Å². The molecule has 0 aliphatic heterocycles. The molecule has 2 aromatic carbocycles. The van der Waals surface area contributed by atoms with Crippen LogP contribution in [0.15, 0.2) is 87.3 Å². The van der Waals surface area contributed by atoms with Crippen molar-refractivity contribution in [3.8, 4) is 17.3 Å². The van der Waals surface area contributed by atoms with Crippen molar-refractivity contribution >= 4 is 22.7 Å². The fraction of sp³-hybridized carbons (Fsp3) is 0.120. The minimum Gasteiger partial charge on any atom is -0.441 e. The van der Waals surface area contributed by atoms with E-state index in [1.807, 2.05) is 74.5 Å². The molecule has 7 heteroatoms. The minimum atomic E-state index is -0.142. The van der Waals surface area contributed by atoms with Crippen LogP contribution in [0.2, 0.25) is 0 Å². The fourth-order valence-corrected chi connectivity index (χ4v) is 4.40. The Balaban J connectivity index is 1.54. The van der Waals surface area contributed by atoms with Crippen LogP contribution in [0.4, 0.5) is 0 Å². The summed E-state index contributed by atoms with van der Waals surface area (Å²) in [6.45, 7) is 3.86. The van der Waals surface area contributed by atoms with E-state index in [1.54, 1.807) is 16.8 Å². The Kier molecular flexibility index (Phi) is 5.33. The molecule has 0 aliphatic rings. The number of benzene rings is 2. The van der Waals surface area contributed by atoms with Crippen LogP contribution in [0.25, 0.3) is 28.2 Å². The molecule has 0 atom stereocenters. The van der Waals surface area contributed by atoms with Gasteiger partial charge < -0.3 is 4.42 Å². The van der Waals surface area contributed by atoms with Gasteiger partial charge in [-0.1, -0.05) is 48.2 Å². The maximum atomic E-state index is 13.3. The number of oxazole rings is 1. The van der Waals surface area contributed by atoms with Crippen molar-refractivity contribution in [2.75, 3.05) is 0 Å². The smallest absolute Gasteiger partial charge is 0.267 e. The number of hydrogen-bond acceptors (Lipinski definition) is 6. The first-order chi connectivity index (χ1) is 15.6. The van der Waals surface area contributed by atoms with Gasteiger partial charge in [0.05, 0.1) is 16.6 Å². The highest BCUT2D eigenvalue weighted by atomic mass is 32.2. The van der Waals surface area contributed by atoms with Crippen molar-refractivity contribution in [3.63, 3.8) is 0 Å². The zero-order chi connectivity index (χ0) is 22.1. The molecule has 0 fully saturated rings. The Bertz CT molecular complexity index is 1460. The van der Waals surface area contributed by atoms with Gasteiger partial charge in [-0.2, -0.15) is 0 Å². The molecule has 0 amide bonds. The molecule has 158 valence electrons. The van der Waals surface area contributed by atoms with Crippen LogP contribution in [0.3, 0.4) is 0 Å². The molecule has 6 nitrogen and oxygen atoms in total. The predicted molar refractivity (Wildman–Crippen MR) is 126 cm³/mol. The van der Waals surface area contributed by atoms with Gasteiger partial charge in [0.2, 0.25) is 5.89 Å². The monoisotopic (exact) mass is 440 g/mol. The normalized spacial score (nSPS) is 11.2. The zero-order valence-electron chi connectivity index (χ0n) is 17.6. The summed E-state index contributed by atoms with van der Waals surface area (Å²) in [6, 6.07) is 20.9. The number of para-hydroxylation sites is 1. The number of thioether (sulfide) groups is 1. The second-order valence-electron chi connectivity index (χ2n) is 7.42. The molecular formula is C25H20N4O2S. The van der Waals surface area contributed by atoms with Crippen molar-refractivity contribution in [2.24, 2.45) is 0 Å². The summed E-state index contributed by atoms with van der Waals surface area (Å²) >= 11 is 1.44. The third-order valence-electron chi connectivity index (χ3n) is 5.12. The van der Waals surface area contributed by atoms with Gasteiger partial charge in [-0.15, -0.1) is 0 Å². The van der Waals surface area contributed by atoms with Crippen molar-refractivity contribution in [1.29, 1.82) is 0 Å². The third kappa shape index (κ3) is 3.83. The minimum absolute atomic E-state index is 0.142. The largest absolute Gasteiger partial charge is 0.441 e. The lowest BCUT2D eigenvalue weighted by molar-refractivity contribution is 0.540. The third-order valence-corrected chi connectivity index (χ3v) is 6.07. The average molecular weight is 441 g/mol. The van der Waals surface area contributed by atoms with Crippen LogP contribution in [-0.2, 0) is 5.75 Å². The average Bonchev–Trinajstić information content (AvgIpc) is 3.20. The summed E-state index contributed by atoms with van der Waals surface area (Å²) in [5.41, 5.74) is 3.29. The Morgan fingerprint density at radius 1 is 0.938 bits per heavy atom. The zero-order valence-corrected chi connectivity index (χ0v) is 18.5. The van der Waals surface area contributed by atoms with Gasteiger partial charge in [-0.05, 0) is 49.7 Å². The van der Waals surface area contributed by atoms with Crippen molar-refractivity contribution in [2.45, 2.75) is 24.8 Å². The summed E-state index contributed by atoms with van der Waals surface area (Å²) in [6.07, 6.45) is 1.75. The summed E-state index contributed by atoms with van der Waals surface area (Å²) in [5, 5.41) is 1.12. The van der Waals surface area contributed by atoms with Gasteiger partial charge in [0.1, 0.15) is 11.6 Å². The molecule has 0 radical (unpaired) electrons. The van der Waals surface area contributed by atoms with Crippen LogP contribution in [0, 0.1) is 13.8 Å². The van der Waals surface area contributed by atoms with Gasteiger partial charge in [-0.25, -0.2) is 19.5 Å². The molecule has 3 aromatic heterocycles. The number of aromatic nitrogens is 4. The molecular weight excluding hydrogens is 420 g/mol. The van der Waals surface area contributed by atoms with Crippen LogP contribution in [0.5, 0.6) is 0 Å². The first-order valence-corrected chi connectivity index (χ1v) is 11.2. The van der Waals surface area contributed by atoms with Crippen molar-refractivity contribution < 1.29 is 4.42 Å². The summed E-state index contributed by atoms with van der Waals surface area (Å²) in [7, 11) is 0. The summed E-state index contributed by atoms with van der Waals surface area (Å²) < 4.78 is 7.45. The Hall–Kier alpha value is -3.71. The van der Waals surface area contributed by atoms with Gasteiger partial charge in [0, 0.05) is 17.5 Å². The molecule has 0 unspecified atom stereocenters. The highest BCUT2D eigenvalue weighted by Gasteiger charge is 2.17. The predicted octanol–water partition coefficient (Wildman–Crippen LogP) is 5.34. The molecule has 0 saturated carbocycles. The molecule has 0 saturated heterocycles. The summed E-state index contributed by atoms with van der Waals surface area (Å²) in [5.74, 6) is 2.39. The second kappa shape index (κ2) is 8.43. The van der Waals surface area contributed by atoms with Gasteiger partial charge >= 0.3 is 0 Å². The second-order valence-corrected chi connectivity index (χ2v) is 8.36. The van der Waals surface area contributed by atoms with Crippen molar-refractivity contribution in [1.82, 2.24) is 19.5 Å². The lowest BCUT2D eigenvalue weighted by Crippen LogP contribution is -2.22. The Labute approximate surface area is 189 Å². The fourth-order valence-electron chi connectivity index (χ4n) is 3.40. The molecule has 0 bridgehead atoms. The molecule has 0 aliphatic carbocycles. The lowest BCUT2D eigenvalue weighted by atomic mass is 10.2. The molecule has 0 N–H and O–H groups in total. The van der Waals surface area contributed by atoms with Crippen LogP contribution < -0.4 is 5.56 Å². The number of nitrogens with zero attached hydrogens (tertiary/aromatic N) is 4. The van der Waals surface area contributed by atoms with Gasteiger partial charge in [0.25, 0.3) is 5.56 Å². The van der Waals surface area contributed by atoms with E-state index in [0.29, 0.717) is 33.5 Å². The lowest BCUT2D eigenvalue weighted by Gasteiger charge is -2.12. The SMILES string of the molecule is Cc1ccc(-n2c(SCc3nc(-c4ccccc4)oc3C)nc3ccccc3c2=O)nc1. The van der Waals surface area contributed by atoms with Crippen LogP contribution in [0.1, 0.15) is 17.0 Å². The van der Waals surface area contributed by atoms with E-state index in [9.17, 15) is 4.79 Å². The Morgan fingerprint density at radius 3 is 2.50 bits per heavy atom. The van der Waals surface area contributed by atoms with E-state index in [0.717, 1.165) is 22.6 Å². The summed E-state index contributed by atoms with van der Waals surface area (Å²) in [4.78, 5) is 27.3. The first-order valence-electron chi connectivity index (χ1n) is 10.2. The van der Waals surface area contributed by atoms with E-state index in [-0.39, 0.29) is 5.56 Å². The standard InChI is InChI=1S/C25H20N4O2S/c1-16-12-13-22(26-14-16)29-24(30)19-10-6-7-11-20(19)28-25(29)32-15-21-17(2)31-23(27-21)18-8-4-3-5-9-18/h3-14H,15H2,1-2H3. The number of pyridine rings is 1. The highest BCUT2D eigenvalue weighted by Crippen LogP contribution is 2.28. The number of rotatable bonds is 5. The highest BCUT2D eigenvalue weighted by molar-refractivity contribution is 7.98. The quantitative estimate of drug-likeness (QED) is 0.271. The van der Waals surface area contributed by atoms with Crippen LogP contribution in [-0.4, -0.2) is 19.5 Å². The van der Waals surface area contributed by atoms with E-state index in [4.69, 9.17) is 9.40 Å². The Morgan fingerprint density at radius 2 is 1.72 bits per heavy atom. The molecule has 5 aromatic rings. The van der Waals surface area contributed by atoms with E-state index >= 15 is 0 Å². The number of hydrogen-bond donors (Lipinski definition) is 0. The number of aryl methyl sites for hydroxylation is 2. The molecule has 3 heterocycles. The first kappa shape index (κ1) is 20.2. The topological polar surface area (TPSA) is 73.8 Å². The van der Waals surface area contributed by atoms with Gasteiger partial charge in [-0.3, -0.25) is 4.79 Å². The van der Waals surface area contributed by atoms with E-state index < -0.39 is 0 Å². The number of fused-ring (bicyclic) bond motifs is 1. The maximum absolute atomic E-state index is 13.3. The van der Waals surface area contributed by atoms with E-state index in [1.165, 1.54) is 11.8 Å². The maximum Gasteiger partial charge on any atom is 0.267 e. The molecule has 0 spiro atoms.